The van der Waals surface area contributed by atoms with Gasteiger partial charge in [-0.05, 0) is 18.6 Å². The fraction of sp³-hybridized carbons (Fsp3) is 0.417. The van der Waals surface area contributed by atoms with Crippen molar-refractivity contribution in [3.05, 3.63) is 24.3 Å². The van der Waals surface area contributed by atoms with Crippen LogP contribution >= 0.6 is 0 Å². The van der Waals surface area contributed by atoms with Gasteiger partial charge in [0.2, 0.25) is 15.9 Å². The van der Waals surface area contributed by atoms with Crippen LogP contribution in [0.5, 0.6) is 0 Å². The Morgan fingerprint density at radius 1 is 1.39 bits per heavy atom. The van der Waals surface area contributed by atoms with Crippen molar-refractivity contribution in [2.75, 3.05) is 5.32 Å². The van der Waals surface area contributed by atoms with Gasteiger partial charge in [0.25, 0.3) is 0 Å². The van der Waals surface area contributed by atoms with Crippen LogP contribution in [0.25, 0.3) is 0 Å². The van der Waals surface area contributed by atoms with Crippen molar-refractivity contribution >= 4 is 21.6 Å². The van der Waals surface area contributed by atoms with E-state index in [0.717, 1.165) is 12.8 Å². The molecule has 0 radical (unpaired) electrons. The molecule has 0 spiro atoms. The minimum atomic E-state index is -3.83. The average molecular weight is 270 g/mol. The van der Waals surface area contributed by atoms with Gasteiger partial charge >= 0.3 is 0 Å². The molecule has 0 aromatic heterocycles. The first kappa shape index (κ1) is 14.7. The first-order valence-corrected chi connectivity index (χ1v) is 7.33. The van der Waals surface area contributed by atoms with E-state index in [4.69, 9.17) is 5.14 Å². The van der Waals surface area contributed by atoms with Crippen LogP contribution in [0, 0.1) is 5.92 Å². The van der Waals surface area contributed by atoms with E-state index in [-0.39, 0.29) is 22.4 Å². The lowest BCUT2D eigenvalue weighted by molar-refractivity contribution is -0.119. The van der Waals surface area contributed by atoms with E-state index < -0.39 is 10.0 Å². The van der Waals surface area contributed by atoms with Gasteiger partial charge in [-0.25, -0.2) is 13.6 Å². The van der Waals surface area contributed by atoms with Crippen molar-refractivity contribution in [1.82, 2.24) is 0 Å². The number of nitrogens with two attached hydrogens (primary N) is 1. The topological polar surface area (TPSA) is 89.3 Å². The molecule has 6 heteroatoms. The number of carbonyl (C=O) groups excluding carboxylic acids is 1. The second kappa shape index (κ2) is 5.97. The standard InChI is InChI=1S/C12H18N2O3S/c1-3-6-9(2)12(15)14-10-7-4-5-8-11(10)18(13,16)17/h4-5,7-9H,3,6H2,1-2H3,(H,14,15)(H2,13,16,17). The van der Waals surface area contributed by atoms with E-state index >= 15 is 0 Å². The number of rotatable bonds is 5. The van der Waals surface area contributed by atoms with E-state index in [1.807, 2.05) is 6.92 Å². The summed E-state index contributed by atoms with van der Waals surface area (Å²) in [6.07, 6.45) is 1.65. The molecule has 1 amide bonds. The molecule has 0 saturated heterocycles. The van der Waals surface area contributed by atoms with Gasteiger partial charge < -0.3 is 5.32 Å². The normalized spacial score (nSPS) is 13.1. The van der Waals surface area contributed by atoms with E-state index in [2.05, 4.69) is 5.32 Å². The number of amides is 1. The van der Waals surface area contributed by atoms with E-state index in [1.54, 1.807) is 19.1 Å². The number of carbonyl (C=O) groups is 1. The lowest BCUT2D eigenvalue weighted by Gasteiger charge is -2.13. The van der Waals surface area contributed by atoms with Crippen LogP contribution < -0.4 is 10.5 Å². The summed E-state index contributed by atoms with van der Waals surface area (Å²) in [6.45, 7) is 3.79. The molecule has 0 aliphatic carbocycles. The predicted octanol–water partition coefficient (Wildman–Crippen LogP) is 1.71. The van der Waals surface area contributed by atoms with Crippen LogP contribution in [-0.2, 0) is 14.8 Å². The maximum Gasteiger partial charge on any atom is 0.240 e. The fourth-order valence-corrected chi connectivity index (χ4v) is 2.33. The first-order valence-electron chi connectivity index (χ1n) is 5.79. The quantitative estimate of drug-likeness (QED) is 0.853. The molecule has 0 bridgehead atoms. The third-order valence-electron chi connectivity index (χ3n) is 2.62. The average Bonchev–Trinajstić information content (AvgIpc) is 2.28. The first-order chi connectivity index (χ1) is 8.36. The fourth-order valence-electron chi connectivity index (χ4n) is 1.64. The smallest absolute Gasteiger partial charge is 0.240 e. The Kier molecular flexibility index (Phi) is 4.86. The van der Waals surface area contributed by atoms with Crippen molar-refractivity contribution in [2.45, 2.75) is 31.6 Å². The number of nitrogens with one attached hydrogen (secondary N) is 1. The monoisotopic (exact) mass is 270 g/mol. The van der Waals surface area contributed by atoms with Crippen molar-refractivity contribution in [3.63, 3.8) is 0 Å². The molecule has 1 aromatic carbocycles. The zero-order valence-corrected chi connectivity index (χ0v) is 11.3. The maximum atomic E-state index is 11.8. The van der Waals surface area contributed by atoms with Gasteiger partial charge in [0.1, 0.15) is 4.90 Å². The molecule has 1 unspecified atom stereocenters. The predicted molar refractivity (Wildman–Crippen MR) is 70.5 cm³/mol. The van der Waals surface area contributed by atoms with Gasteiger partial charge in [0.15, 0.2) is 0 Å². The van der Waals surface area contributed by atoms with Gasteiger partial charge in [-0.3, -0.25) is 4.79 Å². The highest BCUT2D eigenvalue weighted by atomic mass is 32.2. The van der Waals surface area contributed by atoms with Gasteiger partial charge in [0, 0.05) is 5.92 Å². The number of anilines is 1. The van der Waals surface area contributed by atoms with Crippen LogP contribution in [0.3, 0.4) is 0 Å². The summed E-state index contributed by atoms with van der Waals surface area (Å²) >= 11 is 0. The van der Waals surface area contributed by atoms with Gasteiger partial charge in [-0.2, -0.15) is 0 Å². The third-order valence-corrected chi connectivity index (χ3v) is 3.59. The van der Waals surface area contributed by atoms with Crippen LogP contribution in [-0.4, -0.2) is 14.3 Å². The Hall–Kier alpha value is -1.40. The summed E-state index contributed by atoms with van der Waals surface area (Å²) in [7, 11) is -3.83. The lowest BCUT2D eigenvalue weighted by Crippen LogP contribution is -2.22. The Morgan fingerprint density at radius 3 is 2.56 bits per heavy atom. The Bertz CT molecular complexity index is 526. The summed E-state index contributed by atoms with van der Waals surface area (Å²) in [5.41, 5.74) is 0.230. The van der Waals surface area contributed by atoms with Gasteiger partial charge in [-0.1, -0.05) is 32.4 Å². The lowest BCUT2D eigenvalue weighted by atomic mass is 10.1. The van der Waals surface area contributed by atoms with Crippen LogP contribution in [0.4, 0.5) is 5.69 Å². The summed E-state index contributed by atoms with van der Waals surface area (Å²) < 4.78 is 22.7. The van der Waals surface area contributed by atoms with Crippen LogP contribution in [0.1, 0.15) is 26.7 Å². The molecular weight excluding hydrogens is 252 g/mol. The highest BCUT2D eigenvalue weighted by Crippen LogP contribution is 2.20. The number of benzene rings is 1. The summed E-state index contributed by atoms with van der Waals surface area (Å²) in [6, 6.07) is 6.10. The largest absolute Gasteiger partial charge is 0.325 e. The molecule has 3 N–H and O–H groups in total. The molecule has 18 heavy (non-hydrogen) atoms. The highest BCUT2D eigenvalue weighted by molar-refractivity contribution is 7.89. The van der Waals surface area contributed by atoms with Crippen molar-refractivity contribution < 1.29 is 13.2 Å². The van der Waals surface area contributed by atoms with E-state index in [9.17, 15) is 13.2 Å². The molecule has 1 atom stereocenters. The molecular formula is C12H18N2O3S. The summed E-state index contributed by atoms with van der Waals surface area (Å²) in [5.74, 6) is -0.364. The van der Waals surface area contributed by atoms with Crippen molar-refractivity contribution in [3.8, 4) is 0 Å². The molecule has 0 aliphatic heterocycles. The zero-order valence-electron chi connectivity index (χ0n) is 10.5. The molecule has 5 nitrogen and oxygen atoms in total. The summed E-state index contributed by atoms with van der Waals surface area (Å²) in [5, 5.41) is 7.69. The molecule has 0 heterocycles. The Labute approximate surface area is 107 Å². The Morgan fingerprint density at radius 2 is 2.00 bits per heavy atom. The highest BCUT2D eigenvalue weighted by Gasteiger charge is 2.17. The second-order valence-corrected chi connectivity index (χ2v) is 5.75. The number of primary sulfonamides is 1. The molecule has 0 fully saturated rings. The minimum Gasteiger partial charge on any atom is -0.325 e. The Balaban J connectivity index is 2.95. The van der Waals surface area contributed by atoms with Crippen molar-refractivity contribution in [2.24, 2.45) is 11.1 Å². The van der Waals surface area contributed by atoms with Crippen molar-refractivity contribution in [1.29, 1.82) is 0 Å². The zero-order chi connectivity index (χ0) is 13.8. The number of para-hydroxylation sites is 1. The molecule has 0 aliphatic rings. The van der Waals surface area contributed by atoms with Gasteiger partial charge in [-0.15, -0.1) is 0 Å². The molecule has 1 aromatic rings. The van der Waals surface area contributed by atoms with Crippen LogP contribution in [0.2, 0.25) is 0 Å². The second-order valence-electron chi connectivity index (χ2n) is 4.22. The molecule has 1 rings (SSSR count). The maximum absolute atomic E-state index is 11.8. The summed E-state index contributed by atoms with van der Waals surface area (Å²) in [4.78, 5) is 11.8. The minimum absolute atomic E-state index is 0.0675. The van der Waals surface area contributed by atoms with Crippen LogP contribution in [0.15, 0.2) is 29.2 Å². The van der Waals surface area contributed by atoms with Gasteiger partial charge in [0.05, 0.1) is 5.69 Å². The number of sulfonamides is 1. The third kappa shape index (κ3) is 3.82. The van der Waals surface area contributed by atoms with E-state index in [0.29, 0.717) is 0 Å². The SMILES string of the molecule is CCCC(C)C(=O)Nc1ccccc1S(N)(=O)=O. The molecule has 0 saturated carbocycles. The molecule has 100 valence electrons. The van der Waals surface area contributed by atoms with E-state index in [1.165, 1.54) is 12.1 Å². The number of hydrogen-bond acceptors (Lipinski definition) is 3. The number of hydrogen-bond donors (Lipinski definition) is 2.